The molecule has 1 aliphatic rings. The van der Waals surface area contributed by atoms with Crippen molar-refractivity contribution in [3.63, 3.8) is 0 Å². The van der Waals surface area contributed by atoms with E-state index in [9.17, 15) is 63.9 Å². The Kier molecular flexibility index (Phi) is 21.8. The predicted octanol–water partition coefficient (Wildman–Crippen LogP) is -4.86. The summed E-state index contributed by atoms with van der Waals surface area (Å²) in [6, 6.07) is -5.67. The zero-order valence-corrected chi connectivity index (χ0v) is 29.7. The van der Waals surface area contributed by atoms with E-state index in [0.29, 0.717) is 15.2 Å². The maximum absolute atomic E-state index is 13.6. The van der Waals surface area contributed by atoms with Gasteiger partial charge in [0.05, 0.1) is 60.1 Å². The molecule has 0 aromatic heterocycles. The Morgan fingerprint density at radius 1 is 0.569 bits per heavy atom. The number of hydrogen-bond acceptors (Lipinski definition) is 10. The maximum atomic E-state index is 13.6. The minimum atomic E-state index is -1.52. The first-order valence-corrected chi connectivity index (χ1v) is 15.8. The number of hydroxylamine groups is 6. The van der Waals surface area contributed by atoms with Crippen LogP contribution in [0.25, 0.3) is 0 Å². The van der Waals surface area contributed by atoms with Gasteiger partial charge in [0.2, 0.25) is 35.4 Å². The van der Waals surface area contributed by atoms with E-state index < -0.39 is 97.0 Å². The monoisotopic (exact) mass is 776 g/mol. The van der Waals surface area contributed by atoms with Crippen molar-refractivity contribution in [1.29, 1.82) is 0 Å². The molecular weight excluding hydrogens is 726 g/mol. The second-order valence-corrected chi connectivity index (χ2v) is 11.4. The average molecular weight is 777 g/mol. The zero-order valence-electron chi connectivity index (χ0n) is 28.6. The molecule has 0 aliphatic carbocycles. The average Bonchev–Trinajstić information content (AvgIpc) is 3.05. The Hall–Kier alpha value is -4.41. The fourth-order valence-electron chi connectivity index (χ4n) is 4.44. The van der Waals surface area contributed by atoms with E-state index in [2.05, 4.69) is 31.9 Å². The molecule has 1 rings (SSSR count). The van der Waals surface area contributed by atoms with Gasteiger partial charge in [-0.1, -0.05) is 0 Å². The Balaban J connectivity index is 0.0000250. The number of rotatable bonds is 13. The fraction of sp³-hybridized carbons (Fsp3) is 0.679. The number of aliphatic hydroxyl groups excluding tert-OH is 1. The van der Waals surface area contributed by atoms with E-state index in [0.717, 1.165) is 0 Å². The molecule has 1 saturated heterocycles. The fourth-order valence-corrected chi connectivity index (χ4v) is 4.44. The molecule has 1 heterocycles. The van der Waals surface area contributed by atoms with Crippen LogP contribution >= 0.6 is 0 Å². The van der Waals surface area contributed by atoms with Crippen molar-refractivity contribution in [1.82, 2.24) is 47.1 Å². The summed E-state index contributed by atoms with van der Waals surface area (Å²) in [6.45, 7) is 0.844. The van der Waals surface area contributed by atoms with E-state index in [1.807, 2.05) is 0 Å². The first-order valence-electron chi connectivity index (χ1n) is 15.8. The zero-order chi connectivity index (χ0) is 38.0. The molecule has 22 nitrogen and oxygen atoms in total. The van der Waals surface area contributed by atoms with Gasteiger partial charge in [0.1, 0.15) is 24.2 Å². The van der Waals surface area contributed by atoms with Crippen LogP contribution in [0.15, 0.2) is 0 Å². The van der Waals surface area contributed by atoms with Crippen molar-refractivity contribution in [2.45, 2.75) is 83.5 Å². The molecule has 51 heavy (non-hydrogen) atoms. The van der Waals surface area contributed by atoms with E-state index in [-0.39, 0.29) is 75.2 Å². The molecule has 13 N–H and O–H groups in total. The van der Waals surface area contributed by atoms with Crippen molar-refractivity contribution in [3.05, 3.63) is 0 Å². The third-order valence-electron chi connectivity index (χ3n) is 7.31. The Morgan fingerprint density at radius 2 is 0.863 bits per heavy atom. The number of carbonyl (C=O) groups excluding carboxylic acids is 9. The summed E-state index contributed by atoms with van der Waals surface area (Å²) in [5.74, 6) is -6.71. The van der Waals surface area contributed by atoms with Crippen LogP contribution in [0, 0.1) is 0 Å². The molecule has 9 amide bonds. The second kappa shape index (κ2) is 23.9. The van der Waals surface area contributed by atoms with E-state index in [4.69, 9.17) is 0 Å². The van der Waals surface area contributed by atoms with Gasteiger partial charge in [-0.3, -0.25) is 58.8 Å². The number of aliphatic hydroxyl groups is 1. The predicted molar refractivity (Wildman–Crippen MR) is 172 cm³/mol. The van der Waals surface area contributed by atoms with Crippen LogP contribution in [0.2, 0.25) is 0 Å². The third kappa shape index (κ3) is 17.9. The Morgan fingerprint density at radius 3 is 1.20 bits per heavy atom. The minimum absolute atomic E-state index is 0. The molecule has 0 radical (unpaired) electrons. The molecule has 0 aromatic carbocycles. The summed E-state index contributed by atoms with van der Waals surface area (Å²) >= 11 is 0. The van der Waals surface area contributed by atoms with Gasteiger partial charge in [0.25, 0.3) is 0 Å². The maximum Gasteiger partial charge on any atom is 0.412 e. The van der Waals surface area contributed by atoms with Crippen LogP contribution in [0.4, 0.5) is 0 Å². The summed E-state index contributed by atoms with van der Waals surface area (Å²) in [4.78, 5) is 107. The van der Waals surface area contributed by atoms with Crippen molar-refractivity contribution in [2.75, 3.05) is 39.3 Å². The minimum Gasteiger partial charge on any atom is -0.394 e. The van der Waals surface area contributed by atoms with Crippen molar-refractivity contribution in [3.8, 4) is 0 Å². The van der Waals surface area contributed by atoms with Gasteiger partial charge in [-0.15, -0.1) is 0 Å². The summed E-state index contributed by atoms with van der Waals surface area (Å²) in [5.41, 5.74) is 0. The van der Waals surface area contributed by atoms with Gasteiger partial charge < -0.3 is 37.0 Å². The second-order valence-electron chi connectivity index (χ2n) is 11.4. The molecule has 0 saturated carbocycles. The van der Waals surface area contributed by atoms with Gasteiger partial charge in [-0.25, -0.2) is 0 Å². The summed E-state index contributed by atoms with van der Waals surface area (Å²) in [6.07, 6.45) is -0.401. The molecule has 1 aliphatic heterocycles. The normalized spacial score (nSPS) is 20.8. The number of carbonyl (C=O) groups is 6. The van der Waals surface area contributed by atoms with Crippen LogP contribution < -0.4 is 31.9 Å². The molecule has 0 spiro atoms. The number of hydrogen-bond donors (Lipinski definition) is 10. The largest absolute Gasteiger partial charge is 0.412 e. The molecule has 23 heteroatoms. The van der Waals surface area contributed by atoms with Crippen LogP contribution in [0.5, 0.6) is 0 Å². The molecular formula is C28H50FeN9O13+3. The standard InChI is InChI=1S/C28H47N9O13.Fe/c1-16(39)35(48)10-4-7-19-25(44)29-14-24(43)32-22(15-38)26(45)30-13-23(42)31-20(8-5-11-36(49)17(2)40)27(46)34-21(28(47)33-19)9-6-12-37(50)18(3)41;/h19-22,38,48-50H,4-15H2,1-3H3,(H,29,44)(H,30,45)(H,31,42)(H,32,43)(H,33,47)(H,34,46);/p+3/t19-,20-,21-,22-;/m0./s1. The molecule has 0 aromatic rings. The van der Waals surface area contributed by atoms with Crippen molar-refractivity contribution in [2.24, 2.45) is 0 Å². The van der Waals surface area contributed by atoms with Crippen LogP contribution in [-0.2, 0) is 45.8 Å². The Labute approximate surface area is 303 Å². The van der Waals surface area contributed by atoms with Crippen LogP contribution in [0.1, 0.15) is 59.3 Å². The van der Waals surface area contributed by atoms with Crippen molar-refractivity contribution >= 4 is 53.2 Å². The summed E-state index contributed by atoms with van der Waals surface area (Å²) < 4.78 is 0. The molecule has 1 fully saturated rings. The van der Waals surface area contributed by atoms with Gasteiger partial charge in [-0.05, 0) is 38.5 Å². The number of amides is 9. The quantitative estimate of drug-likeness (QED) is 0.0368. The summed E-state index contributed by atoms with van der Waals surface area (Å²) in [7, 11) is 0. The number of nitrogens with zero attached hydrogens (tertiary/aromatic N) is 3. The molecule has 290 valence electrons. The van der Waals surface area contributed by atoms with Crippen molar-refractivity contribution < 1.29 is 80.9 Å². The third-order valence-corrected chi connectivity index (χ3v) is 7.31. The van der Waals surface area contributed by atoms with Crippen LogP contribution in [-0.4, -0.2) is 167 Å². The smallest absolute Gasteiger partial charge is 0.394 e. The van der Waals surface area contributed by atoms with E-state index in [1.165, 1.54) is 20.8 Å². The molecule has 0 unspecified atom stereocenters. The molecule has 4 atom stereocenters. The Bertz CT molecular complexity index is 1230. The number of nitrogens with one attached hydrogen (secondary N) is 6. The van der Waals surface area contributed by atoms with Gasteiger partial charge in [0.15, 0.2) is 0 Å². The molecule has 0 bridgehead atoms. The van der Waals surface area contributed by atoms with Gasteiger partial charge >= 0.3 is 17.7 Å². The first kappa shape index (κ1) is 46.6. The SMILES string of the molecule is CC(=[OH+])N(O)CCC[C@@H]1NC(=O)CNC(=O)[C@H](CO)NC(=O)CNC(=O)[C@H](CCCN(O)C(C)=[OH+])NC(=O)[C@H](CCCN(O)C(C)=[OH+])NC1=O.[Fe]. The summed E-state index contributed by atoms with van der Waals surface area (Å²) in [5, 5.41) is 54.7. The van der Waals surface area contributed by atoms with Crippen LogP contribution in [0.3, 0.4) is 0 Å². The van der Waals surface area contributed by atoms with E-state index in [1.54, 1.807) is 0 Å². The van der Waals surface area contributed by atoms with Gasteiger partial charge in [0, 0.05) is 17.1 Å². The first-order chi connectivity index (χ1) is 23.5. The topological polar surface area (TPSA) is 329 Å². The van der Waals surface area contributed by atoms with E-state index >= 15 is 0 Å². The van der Waals surface area contributed by atoms with Gasteiger partial charge in [-0.2, -0.15) is 15.2 Å².